The molecule has 0 radical (unpaired) electrons. The van der Waals surface area contributed by atoms with Crippen LogP contribution in [0.3, 0.4) is 0 Å². The average Bonchev–Trinajstić information content (AvgIpc) is 3.26. The predicted octanol–water partition coefficient (Wildman–Crippen LogP) is 7.99. The number of nitrogens with zero attached hydrogens (tertiary/aromatic N) is 1. The van der Waals surface area contributed by atoms with Gasteiger partial charge in [0.1, 0.15) is 0 Å². The largest absolute Gasteiger partial charge is 0.298 e. The Morgan fingerprint density at radius 2 is 1.55 bits per heavy atom. The van der Waals surface area contributed by atoms with Gasteiger partial charge in [0.2, 0.25) is 0 Å². The van der Waals surface area contributed by atoms with Crippen molar-refractivity contribution in [3.63, 3.8) is 0 Å². The first-order valence-corrected chi connectivity index (χ1v) is 12.1. The minimum Gasteiger partial charge on any atom is -0.298 e. The summed E-state index contributed by atoms with van der Waals surface area (Å²) in [7, 11) is 0. The molecular formula is C31H36N2. The lowest BCUT2D eigenvalue weighted by Gasteiger charge is -2.28. The van der Waals surface area contributed by atoms with Crippen molar-refractivity contribution >= 4 is 11.8 Å². The third-order valence-electron chi connectivity index (χ3n) is 6.27. The topological polar surface area (TPSA) is 15.3 Å². The van der Waals surface area contributed by atoms with E-state index in [0.717, 1.165) is 17.8 Å². The van der Waals surface area contributed by atoms with Gasteiger partial charge in [-0.25, -0.2) is 0 Å². The van der Waals surface area contributed by atoms with Crippen LogP contribution in [0.5, 0.6) is 0 Å². The highest BCUT2D eigenvalue weighted by molar-refractivity contribution is 5.58. The van der Waals surface area contributed by atoms with E-state index in [0.29, 0.717) is 0 Å². The van der Waals surface area contributed by atoms with E-state index < -0.39 is 0 Å². The van der Waals surface area contributed by atoms with E-state index >= 15 is 0 Å². The number of hydrazine groups is 1. The first-order valence-electron chi connectivity index (χ1n) is 12.1. The summed E-state index contributed by atoms with van der Waals surface area (Å²) in [5.74, 6) is 0. The molecule has 3 aromatic carbocycles. The summed E-state index contributed by atoms with van der Waals surface area (Å²) in [5, 5.41) is 2.25. The van der Waals surface area contributed by atoms with Crippen LogP contribution < -0.4 is 10.4 Å². The summed E-state index contributed by atoms with van der Waals surface area (Å²) < 4.78 is 0. The van der Waals surface area contributed by atoms with Gasteiger partial charge in [0.25, 0.3) is 0 Å². The molecular weight excluding hydrogens is 400 g/mol. The minimum absolute atomic E-state index is 0.137. The van der Waals surface area contributed by atoms with E-state index in [2.05, 4.69) is 135 Å². The van der Waals surface area contributed by atoms with Crippen LogP contribution in [-0.2, 0) is 11.8 Å². The normalized spacial score (nSPS) is 16.2. The molecule has 1 atom stereocenters. The van der Waals surface area contributed by atoms with Crippen LogP contribution in [0.15, 0.2) is 96.7 Å². The van der Waals surface area contributed by atoms with Crippen LogP contribution in [0, 0.1) is 0 Å². The molecule has 4 rings (SSSR count). The Bertz CT molecular complexity index is 1080. The maximum atomic E-state index is 3.62. The fourth-order valence-corrected chi connectivity index (χ4v) is 4.18. The summed E-state index contributed by atoms with van der Waals surface area (Å²) in [5.41, 5.74) is 11.3. The summed E-state index contributed by atoms with van der Waals surface area (Å²) >= 11 is 0. The molecule has 0 spiro atoms. The van der Waals surface area contributed by atoms with Crippen LogP contribution in [-0.4, -0.2) is 0 Å². The highest BCUT2D eigenvalue weighted by Crippen LogP contribution is 2.33. The van der Waals surface area contributed by atoms with Crippen LogP contribution in [0.25, 0.3) is 6.08 Å². The lowest BCUT2D eigenvalue weighted by Crippen LogP contribution is -2.34. The number of benzene rings is 3. The zero-order chi connectivity index (χ0) is 23.3. The number of unbranched alkanes of at least 4 members (excludes halogenated alkanes) is 1. The van der Waals surface area contributed by atoms with Crippen molar-refractivity contribution in [1.82, 2.24) is 5.43 Å². The molecule has 1 aliphatic rings. The Labute approximate surface area is 199 Å². The van der Waals surface area contributed by atoms with Gasteiger partial charge in [0, 0.05) is 0 Å². The maximum Gasteiger partial charge on any atom is 0.0958 e. The molecule has 1 unspecified atom stereocenters. The Hall–Kier alpha value is -3.26. The van der Waals surface area contributed by atoms with Gasteiger partial charge in [-0.3, -0.25) is 10.4 Å². The van der Waals surface area contributed by atoms with Crippen molar-refractivity contribution < 1.29 is 0 Å². The monoisotopic (exact) mass is 436 g/mol. The standard InChI is InChI=1S/C31H36N2/c1-5-6-10-24-13-15-25(16-14-24)17-22-28-23-30(33(32-28)29-11-8-7-9-12-29)26-18-20-27(21-19-26)31(2,3)4/h7-9,11-23,30,32H,5-6,10H2,1-4H3. The second-order valence-electron chi connectivity index (χ2n) is 9.93. The summed E-state index contributed by atoms with van der Waals surface area (Å²) in [6.45, 7) is 9.02. The van der Waals surface area contributed by atoms with Gasteiger partial charge >= 0.3 is 0 Å². The molecule has 3 aromatic rings. The molecule has 0 aliphatic carbocycles. The first-order chi connectivity index (χ1) is 15.9. The quantitative estimate of drug-likeness (QED) is 0.404. The van der Waals surface area contributed by atoms with Crippen molar-refractivity contribution in [1.29, 1.82) is 0 Å². The van der Waals surface area contributed by atoms with Gasteiger partial charge in [-0.05, 0) is 64.8 Å². The van der Waals surface area contributed by atoms with E-state index in [-0.39, 0.29) is 11.5 Å². The molecule has 0 saturated heterocycles. The highest BCUT2D eigenvalue weighted by atomic mass is 15.5. The molecule has 0 aromatic heterocycles. The number of hydrogen-bond donors (Lipinski definition) is 1. The van der Waals surface area contributed by atoms with Gasteiger partial charge in [0.05, 0.1) is 17.4 Å². The van der Waals surface area contributed by atoms with Gasteiger partial charge in [-0.2, -0.15) is 0 Å². The number of para-hydroxylation sites is 1. The molecule has 1 heterocycles. The molecule has 0 bridgehead atoms. The first kappa shape index (κ1) is 22.9. The SMILES string of the molecule is CCCCc1ccc(C=CC2=CC(c3ccc(C(C)(C)C)cc3)N(c3ccccc3)N2)cc1. The van der Waals surface area contributed by atoms with Crippen molar-refractivity contribution in [2.24, 2.45) is 0 Å². The lowest BCUT2D eigenvalue weighted by atomic mass is 9.86. The molecule has 0 amide bonds. The zero-order valence-corrected chi connectivity index (χ0v) is 20.4. The molecule has 2 heteroatoms. The molecule has 33 heavy (non-hydrogen) atoms. The van der Waals surface area contributed by atoms with Crippen LogP contribution in [0.1, 0.15) is 68.8 Å². The maximum absolute atomic E-state index is 3.62. The fourth-order valence-electron chi connectivity index (χ4n) is 4.18. The minimum atomic E-state index is 0.137. The smallest absolute Gasteiger partial charge is 0.0958 e. The summed E-state index contributed by atoms with van der Waals surface area (Å²) in [4.78, 5) is 0. The van der Waals surface area contributed by atoms with Gasteiger partial charge < -0.3 is 0 Å². The van der Waals surface area contributed by atoms with Crippen molar-refractivity contribution in [3.05, 3.63) is 119 Å². The number of nitrogens with one attached hydrogen (secondary N) is 1. The number of anilines is 1. The fraction of sp³-hybridized carbons (Fsp3) is 0.290. The van der Waals surface area contributed by atoms with E-state index in [4.69, 9.17) is 0 Å². The number of hydrogen-bond acceptors (Lipinski definition) is 2. The van der Waals surface area contributed by atoms with E-state index in [9.17, 15) is 0 Å². The lowest BCUT2D eigenvalue weighted by molar-refractivity contribution is 0.589. The summed E-state index contributed by atoms with van der Waals surface area (Å²) in [6, 6.07) is 28.7. The molecule has 0 fully saturated rings. The van der Waals surface area contributed by atoms with Crippen LogP contribution in [0.2, 0.25) is 0 Å². The number of allylic oxidation sites excluding steroid dienone is 1. The van der Waals surface area contributed by atoms with Crippen molar-refractivity contribution in [2.75, 3.05) is 5.01 Å². The van der Waals surface area contributed by atoms with Crippen molar-refractivity contribution in [2.45, 2.75) is 58.4 Å². The molecule has 2 nitrogen and oxygen atoms in total. The molecule has 1 N–H and O–H groups in total. The van der Waals surface area contributed by atoms with Gasteiger partial charge in [-0.1, -0.05) is 107 Å². The van der Waals surface area contributed by atoms with E-state index in [1.165, 1.54) is 35.1 Å². The Kier molecular flexibility index (Phi) is 7.03. The Morgan fingerprint density at radius 3 is 2.18 bits per heavy atom. The Balaban J connectivity index is 1.56. The zero-order valence-electron chi connectivity index (χ0n) is 20.4. The second kappa shape index (κ2) is 10.1. The molecule has 170 valence electrons. The van der Waals surface area contributed by atoms with Crippen molar-refractivity contribution in [3.8, 4) is 0 Å². The Morgan fingerprint density at radius 1 is 0.848 bits per heavy atom. The average molecular weight is 437 g/mol. The van der Waals surface area contributed by atoms with Crippen LogP contribution >= 0.6 is 0 Å². The third kappa shape index (κ3) is 5.76. The molecule has 0 saturated carbocycles. The van der Waals surface area contributed by atoms with Crippen LogP contribution in [0.4, 0.5) is 5.69 Å². The molecule has 1 aliphatic heterocycles. The van der Waals surface area contributed by atoms with E-state index in [1.807, 2.05) is 0 Å². The van der Waals surface area contributed by atoms with Gasteiger partial charge in [0.15, 0.2) is 0 Å². The third-order valence-corrected chi connectivity index (χ3v) is 6.27. The van der Waals surface area contributed by atoms with E-state index in [1.54, 1.807) is 0 Å². The van der Waals surface area contributed by atoms with Gasteiger partial charge in [-0.15, -0.1) is 0 Å². The highest BCUT2D eigenvalue weighted by Gasteiger charge is 2.26. The second-order valence-corrected chi connectivity index (χ2v) is 9.93. The number of rotatable bonds is 7. The number of aryl methyl sites for hydroxylation is 1. The summed E-state index contributed by atoms with van der Waals surface area (Å²) in [6.07, 6.45) is 10.3. The predicted molar refractivity (Wildman–Crippen MR) is 142 cm³/mol.